The van der Waals surface area contributed by atoms with Crippen LogP contribution in [0, 0.1) is 0 Å². The Morgan fingerprint density at radius 2 is 1.84 bits per heavy atom. The Hall–Kier alpha value is -1.50. The predicted molar refractivity (Wildman–Crippen MR) is 59.8 cm³/mol. The molecule has 0 unspecified atom stereocenters. The molecule has 1 aromatic rings. The zero-order valence-corrected chi connectivity index (χ0v) is 10.6. The second kappa shape index (κ2) is 5.64. The summed E-state index contributed by atoms with van der Waals surface area (Å²) < 4.78 is 59.9. The van der Waals surface area contributed by atoms with Crippen LogP contribution in [-0.4, -0.2) is 32.4 Å². The fraction of sp³-hybridized carbons (Fsp3) is 0.364. The normalized spacial score (nSPS) is 11.6. The lowest BCUT2D eigenvalue weighted by Gasteiger charge is -2.17. The zero-order chi connectivity index (χ0) is 14.8. The summed E-state index contributed by atoms with van der Waals surface area (Å²) in [7, 11) is 2.33. The van der Waals surface area contributed by atoms with Crippen molar-refractivity contribution in [3.8, 4) is 11.5 Å². The number of Topliss-reactive ketones (excluding diaryl/α,β-unsaturated/α-hetero) is 1. The summed E-state index contributed by atoms with van der Waals surface area (Å²) in [4.78, 5) is 11.4. The number of methoxy groups -OCH3 is 2. The van der Waals surface area contributed by atoms with E-state index in [4.69, 9.17) is 21.1 Å². The molecule has 0 aliphatic carbocycles. The summed E-state index contributed by atoms with van der Waals surface area (Å²) in [5.41, 5.74) is -0.737. The molecule has 0 amide bonds. The molecule has 0 saturated heterocycles. The fourth-order valence-corrected chi connectivity index (χ4v) is 1.67. The summed E-state index contributed by atoms with van der Waals surface area (Å²) in [6.07, 6.45) is -4.12. The van der Waals surface area contributed by atoms with Crippen LogP contribution in [0.1, 0.15) is 10.4 Å². The van der Waals surface area contributed by atoms with E-state index in [-0.39, 0.29) is 10.8 Å². The van der Waals surface area contributed by atoms with E-state index in [0.29, 0.717) is 0 Å². The van der Waals surface area contributed by atoms with E-state index in [1.54, 1.807) is 0 Å². The number of carbonyl (C=O) groups is 1. The van der Waals surface area contributed by atoms with Crippen LogP contribution in [0.2, 0.25) is 5.02 Å². The molecule has 0 aliphatic heterocycles. The first-order valence-electron chi connectivity index (χ1n) is 4.88. The van der Waals surface area contributed by atoms with Crippen LogP contribution in [0.15, 0.2) is 12.1 Å². The predicted octanol–water partition coefficient (Wildman–Crippen LogP) is 3.44. The Kier molecular flexibility index (Phi) is 4.62. The van der Waals surface area contributed by atoms with Crippen LogP contribution in [-0.2, 0) is 0 Å². The van der Waals surface area contributed by atoms with Gasteiger partial charge in [-0.1, -0.05) is 11.6 Å². The van der Waals surface area contributed by atoms with E-state index >= 15 is 0 Å². The number of halogens is 5. The Balaban J connectivity index is 3.36. The molecule has 0 saturated carbocycles. The van der Waals surface area contributed by atoms with Gasteiger partial charge >= 0.3 is 12.3 Å². The monoisotopic (exact) mass is 300 g/mol. The summed E-state index contributed by atoms with van der Waals surface area (Å²) in [5, 5.41) is -0.249. The maximum Gasteiger partial charge on any atom is 0.369 e. The molecular formula is C11H9ClF4O3. The van der Waals surface area contributed by atoms with E-state index in [9.17, 15) is 22.4 Å². The highest BCUT2D eigenvalue weighted by molar-refractivity contribution is 6.34. The van der Waals surface area contributed by atoms with Crippen molar-refractivity contribution in [1.29, 1.82) is 0 Å². The highest BCUT2D eigenvalue weighted by Crippen LogP contribution is 2.39. The van der Waals surface area contributed by atoms with E-state index in [1.807, 2.05) is 0 Å². The number of benzene rings is 1. The number of carbonyl (C=O) groups excluding carboxylic acids is 1. The average Bonchev–Trinajstić information content (AvgIpc) is 2.37. The van der Waals surface area contributed by atoms with Crippen LogP contribution in [0.25, 0.3) is 0 Å². The molecule has 0 spiro atoms. The fourth-order valence-electron chi connectivity index (χ4n) is 1.35. The minimum absolute atomic E-state index is 0.0652. The second-order valence-corrected chi connectivity index (χ2v) is 3.79. The molecule has 0 heterocycles. The van der Waals surface area contributed by atoms with Gasteiger partial charge in [0.1, 0.15) is 10.8 Å². The Morgan fingerprint density at radius 3 is 2.26 bits per heavy atom. The molecule has 0 aromatic heterocycles. The minimum atomic E-state index is -4.81. The van der Waals surface area contributed by atoms with Crippen LogP contribution in [0.4, 0.5) is 17.6 Å². The van der Waals surface area contributed by atoms with Gasteiger partial charge in [0.25, 0.3) is 0 Å². The highest BCUT2D eigenvalue weighted by atomic mass is 35.5. The molecule has 1 aromatic carbocycles. The van der Waals surface area contributed by atoms with Gasteiger partial charge in [0.15, 0.2) is 5.75 Å². The first-order valence-corrected chi connectivity index (χ1v) is 5.26. The summed E-state index contributed by atoms with van der Waals surface area (Å²) in [6.45, 7) is 0. The van der Waals surface area contributed by atoms with Crippen LogP contribution in [0.3, 0.4) is 0 Å². The molecule has 106 valence electrons. The quantitative estimate of drug-likeness (QED) is 0.617. The van der Waals surface area contributed by atoms with Gasteiger partial charge in [0, 0.05) is 0 Å². The molecule has 0 fully saturated rings. The van der Waals surface area contributed by atoms with E-state index in [0.717, 1.165) is 19.2 Å². The smallest absolute Gasteiger partial charge is 0.369 e. The van der Waals surface area contributed by atoms with Gasteiger partial charge in [-0.05, 0) is 12.1 Å². The van der Waals surface area contributed by atoms with Gasteiger partial charge < -0.3 is 9.47 Å². The SMILES string of the molecule is COc1ccc(C(=O)C(F)(F)C(F)F)c(OC)c1Cl. The summed E-state index contributed by atoms with van der Waals surface area (Å²) in [5.74, 6) is -7.25. The lowest BCUT2D eigenvalue weighted by molar-refractivity contribution is -0.0959. The molecule has 1 rings (SSSR count). The largest absolute Gasteiger partial charge is 0.495 e. The van der Waals surface area contributed by atoms with Crippen molar-refractivity contribution >= 4 is 17.4 Å². The Labute approximate surface area is 111 Å². The lowest BCUT2D eigenvalue weighted by atomic mass is 10.0. The maximum atomic E-state index is 13.0. The van der Waals surface area contributed by atoms with Crippen molar-refractivity contribution in [2.45, 2.75) is 12.3 Å². The average molecular weight is 301 g/mol. The number of alkyl halides is 4. The van der Waals surface area contributed by atoms with Crippen LogP contribution >= 0.6 is 11.6 Å². The Bertz CT molecular complexity index is 491. The van der Waals surface area contributed by atoms with Crippen LogP contribution in [0.5, 0.6) is 11.5 Å². The molecule has 0 N–H and O–H groups in total. The number of rotatable bonds is 5. The molecule has 0 radical (unpaired) electrons. The zero-order valence-electron chi connectivity index (χ0n) is 9.85. The number of ether oxygens (including phenoxy) is 2. The molecule has 8 heteroatoms. The molecule has 0 atom stereocenters. The third-order valence-electron chi connectivity index (χ3n) is 2.31. The van der Waals surface area contributed by atoms with Gasteiger partial charge in [0.2, 0.25) is 5.78 Å². The molecule has 3 nitrogen and oxygen atoms in total. The first kappa shape index (κ1) is 15.6. The van der Waals surface area contributed by atoms with Gasteiger partial charge in [-0.25, -0.2) is 8.78 Å². The van der Waals surface area contributed by atoms with Crippen molar-refractivity contribution in [3.63, 3.8) is 0 Å². The van der Waals surface area contributed by atoms with Crippen molar-refractivity contribution in [3.05, 3.63) is 22.7 Å². The molecule has 0 aliphatic rings. The maximum absolute atomic E-state index is 13.0. The van der Waals surface area contributed by atoms with E-state index in [2.05, 4.69) is 0 Å². The van der Waals surface area contributed by atoms with E-state index in [1.165, 1.54) is 7.11 Å². The van der Waals surface area contributed by atoms with Crippen LogP contribution < -0.4 is 9.47 Å². The number of hydrogen-bond acceptors (Lipinski definition) is 3. The van der Waals surface area contributed by atoms with Crippen molar-refractivity contribution in [1.82, 2.24) is 0 Å². The lowest BCUT2D eigenvalue weighted by Crippen LogP contribution is -2.36. The summed E-state index contributed by atoms with van der Waals surface area (Å²) >= 11 is 5.75. The van der Waals surface area contributed by atoms with Crippen molar-refractivity contribution < 1.29 is 31.8 Å². The third-order valence-corrected chi connectivity index (χ3v) is 2.67. The van der Waals surface area contributed by atoms with Gasteiger partial charge in [-0.3, -0.25) is 4.79 Å². The van der Waals surface area contributed by atoms with Gasteiger partial charge in [-0.15, -0.1) is 0 Å². The van der Waals surface area contributed by atoms with Crippen molar-refractivity contribution in [2.24, 2.45) is 0 Å². The number of ketones is 1. The first-order chi connectivity index (χ1) is 8.77. The molecule has 0 bridgehead atoms. The number of hydrogen-bond donors (Lipinski definition) is 0. The second-order valence-electron chi connectivity index (χ2n) is 3.42. The minimum Gasteiger partial charge on any atom is -0.495 e. The van der Waals surface area contributed by atoms with Crippen molar-refractivity contribution in [2.75, 3.05) is 14.2 Å². The molecule has 19 heavy (non-hydrogen) atoms. The topological polar surface area (TPSA) is 35.5 Å². The molecular weight excluding hydrogens is 292 g/mol. The van der Waals surface area contributed by atoms with Gasteiger partial charge in [0.05, 0.1) is 19.8 Å². The Morgan fingerprint density at radius 1 is 1.26 bits per heavy atom. The van der Waals surface area contributed by atoms with Gasteiger partial charge in [-0.2, -0.15) is 8.78 Å². The van der Waals surface area contributed by atoms with E-state index < -0.39 is 29.4 Å². The summed E-state index contributed by atoms with van der Waals surface area (Å²) in [6, 6.07) is 2.00. The standard InChI is InChI=1S/C11H9ClF4O3/c1-18-6-4-3-5(8(19-2)7(6)12)9(17)11(15,16)10(13)14/h3-4,10H,1-2H3. The third kappa shape index (κ3) is 2.75. The highest BCUT2D eigenvalue weighted by Gasteiger charge is 2.50.